The zero-order chi connectivity index (χ0) is 26.2. The van der Waals surface area contributed by atoms with Crippen LogP contribution in [0.5, 0.6) is 0 Å². The van der Waals surface area contributed by atoms with E-state index in [1.165, 1.54) is 4.57 Å². The number of hydrogen-bond acceptors (Lipinski definition) is 7. The zero-order valence-electron chi connectivity index (χ0n) is 20.6. The van der Waals surface area contributed by atoms with Crippen LogP contribution in [-0.4, -0.2) is 32.1 Å². The van der Waals surface area contributed by atoms with Gasteiger partial charge in [0, 0.05) is 24.3 Å². The maximum absolute atomic E-state index is 13.4. The van der Waals surface area contributed by atoms with Gasteiger partial charge in [-0.25, -0.2) is 9.97 Å². The number of aliphatic hydroxyl groups is 1. The van der Waals surface area contributed by atoms with E-state index in [-0.39, 0.29) is 31.4 Å². The summed E-state index contributed by atoms with van der Waals surface area (Å²) in [5, 5.41) is 15.5. The van der Waals surface area contributed by atoms with E-state index in [1.54, 1.807) is 30.5 Å². The molecule has 0 unspecified atom stereocenters. The first-order chi connectivity index (χ1) is 17.9. The number of nitrogens with two attached hydrogens (primary N) is 1. The van der Waals surface area contributed by atoms with Gasteiger partial charge in [0.15, 0.2) is 5.82 Å². The molecule has 37 heavy (non-hydrogen) atoms. The number of rotatable bonds is 10. The Labute approximate surface area is 215 Å². The molecule has 0 fully saturated rings. The molecule has 1 amide bonds. The van der Waals surface area contributed by atoms with Crippen LogP contribution in [0.2, 0.25) is 0 Å². The molecule has 0 atom stereocenters. The number of aryl methyl sites for hydroxylation is 1. The molecule has 2 aromatic heterocycles. The number of hydrogen-bond donors (Lipinski definition) is 4. The maximum Gasteiger partial charge on any atom is 0.294 e. The van der Waals surface area contributed by atoms with E-state index in [9.17, 15) is 14.7 Å². The summed E-state index contributed by atoms with van der Waals surface area (Å²) in [7, 11) is 0. The van der Waals surface area contributed by atoms with Crippen LogP contribution in [-0.2, 0) is 30.9 Å². The van der Waals surface area contributed by atoms with Gasteiger partial charge in [0.2, 0.25) is 5.91 Å². The normalized spacial score (nSPS) is 10.8. The molecule has 0 spiro atoms. The molecule has 9 heteroatoms. The SMILES string of the molecule is Cc1nc(N)ccc1CNC(=O)Cn1c(-c2cccc(CO)c2)cnc(NCCc2ccccc2)c1=O. The van der Waals surface area contributed by atoms with Crippen molar-refractivity contribution in [1.82, 2.24) is 19.9 Å². The fraction of sp³-hybridized carbons (Fsp3) is 0.214. The Balaban J connectivity index is 1.57. The molecule has 0 aliphatic carbocycles. The molecule has 4 aromatic rings. The van der Waals surface area contributed by atoms with Crippen LogP contribution in [0.15, 0.2) is 77.7 Å². The summed E-state index contributed by atoms with van der Waals surface area (Å²) in [6, 6.07) is 20.6. The number of benzene rings is 2. The van der Waals surface area contributed by atoms with E-state index in [2.05, 4.69) is 20.6 Å². The monoisotopic (exact) mass is 498 g/mol. The largest absolute Gasteiger partial charge is 0.392 e. The predicted molar refractivity (Wildman–Crippen MR) is 144 cm³/mol. The van der Waals surface area contributed by atoms with E-state index in [0.717, 1.165) is 23.2 Å². The number of aromatic nitrogens is 3. The van der Waals surface area contributed by atoms with Crippen LogP contribution in [0.25, 0.3) is 11.3 Å². The Morgan fingerprint density at radius 2 is 1.84 bits per heavy atom. The summed E-state index contributed by atoms with van der Waals surface area (Å²) in [5.41, 5.74) is 9.87. The predicted octanol–water partition coefficient (Wildman–Crippen LogP) is 2.66. The Morgan fingerprint density at radius 3 is 2.59 bits per heavy atom. The summed E-state index contributed by atoms with van der Waals surface area (Å²) in [6.07, 6.45) is 2.29. The van der Waals surface area contributed by atoms with E-state index < -0.39 is 5.56 Å². The molecule has 4 rings (SSSR count). The van der Waals surface area contributed by atoms with Gasteiger partial charge in [-0.05, 0) is 42.2 Å². The summed E-state index contributed by atoms with van der Waals surface area (Å²) in [5.74, 6) is 0.252. The van der Waals surface area contributed by atoms with E-state index in [4.69, 9.17) is 5.73 Å². The lowest BCUT2D eigenvalue weighted by Gasteiger charge is -2.16. The van der Waals surface area contributed by atoms with Crippen molar-refractivity contribution in [2.24, 2.45) is 0 Å². The lowest BCUT2D eigenvalue weighted by Crippen LogP contribution is -2.34. The van der Waals surface area contributed by atoms with Crippen molar-refractivity contribution in [2.75, 3.05) is 17.6 Å². The molecule has 5 N–H and O–H groups in total. The van der Waals surface area contributed by atoms with Gasteiger partial charge in [0.25, 0.3) is 5.56 Å². The van der Waals surface area contributed by atoms with Crippen molar-refractivity contribution >= 4 is 17.5 Å². The highest BCUT2D eigenvalue weighted by molar-refractivity contribution is 5.77. The van der Waals surface area contributed by atoms with Gasteiger partial charge in [-0.2, -0.15) is 0 Å². The van der Waals surface area contributed by atoms with Crippen LogP contribution in [0, 0.1) is 6.92 Å². The first-order valence-corrected chi connectivity index (χ1v) is 12.0. The number of nitrogens with zero attached hydrogens (tertiary/aromatic N) is 3. The summed E-state index contributed by atoms with van der Waals surface area (Å²) in [6.45, 7) is 2.26. The van der Waals surface area contributed by atoms with Crippen LogP contribution in [0.3, 0.4) is 0 Å². The Kier molecular flexibility index (Phi) is 8.27. The van der Waals surface area contributed by atoms with Crippen molar-refractivity contribution in [2.45, 2.75) is 33.0 Å². The van der Waals surface area contributed by atoms with Gasteiger partial charge in [0.1, 0.15) is 12.4 Å². The van der Waals surface area contributed by atoms with Gasteiger partial charge < -0.3 is 21.5 Å². The third-order valence-corrected chi connectivity index (χ3v) is 6.00. The zero-order valence-corrected chi connectivity index (χ0v) is 20.6. The van der Waals surface area contributed by atoms with Crippen molar-refractivity contribution in [3.8, 4) is 11.3 Å². The molecule has 0 aliphatic rings. The average molecular weight is 499 g/mol. The average Bonchev–Trinajstić information content (AvgIpc) is 2.91. The highest BCUT2D eigenvalue weighted by Crippen LogP contribution is 2.20. The number of nitrogens with one attached hydrogen (secondary N) is 2. The standard InChI is InChI=1S/C28H30N6O3/c1-19-23(10-11-25(29)33-19)15-31-26(36)17-34-24(22-9-5-8-21(14-22)18-35)16-32-27(28(34)37)30-13-12-20-6-3-2-4-7-20/h2-11,14,16,35H,12-13,15,17-18H2,1H3,(H2,29,33)(H,30,32)(H,31,36). The number of pyridine rings is 1. The molecule has 0 aliphatic heterocycles. The first kappa shape index (κ1) is 25.6. The molecule has 2 aromatic carbocycles. The van der Waals surface area contributed by atoms with Crippen LogP contribution >= 0.6 is 0 Å². The van der Waals surface area contributed by atoms with Crippen molar-refractivity contribution in [3.05, 3.63) is 106 Å². The molecular formula is C28H30N6O3. The van der Waals surface area contributed by atoms with Crippen LogP contribution in [0.4, 0.5) is 11.6 Å². The van der Waals surface area contributed by atoms with Gasteiger partial charge in [-0.15, -0.1) is 0 Å². The molecule has 0 saturated carbocycles. The lowest BCUT2D eigenvalue weighted by molar-refractivity contribution is -0.121. The Hall–Kier alpha value is -4.50. The molecule has 0 bridgehead atoms. The smallest absolute Gasteiger partial charge is 0.294 e. The van der Waals surface area contributed by atoms with Gasteiger partial charge in [0.05, 0.1) is 18.5 Å². The molecule has 2 heterocycles. The quantitative estimate of drug-likeness (QED) is 0.264. The summed E-state index contributed by atoms with van der Waals surface area (Å²) >= 11 is 0. The third-order valence-electron chi connectivity index (χ3n) is 6.00. The number of carbonyl (C=O) groups excluding carboxylic acids is 1. The van der Waals surface area contributed by atoms with E-state index in [1.807, 2.05) is 49.4 Å². The van der Waals surface area contributed by atoms with Gasteiger partial charge >= 0.3 is 0 Å². The highest BCUT2D eigenvalue weighted by Gasteiger charge is 2.16. The topological polar surface area (TPSA) is 135 Å². The van der Waals surface area contributed by atoms with E-state index >= 15 is 0 Å². The van der Waals surface area contributed by atoms with Crippen LogP contribution in [0.1, 0.15) is 22.4 Å². The minimum absolute atomic E-state index is 0.139. The fourth-order valence-corrected chi connectivity index (χ4v) is 3.98. The molecule has 190 valence electrons. The van der Waals surface area contributed by atoms with Gasteiger partial charge in [-0.1, -0.05) is 54.6 Å². The number of amides is 1. The Bertz CT molecular complexity index is 1440. The minimum Gasteiger partial charge on any atom is -0.392 e. The first-order valence-electron chi connectivity index (χ1n) is 12.0. The van der Waals surface area contributed by atoms with Crippen LogP contribution < -0.4 is 21.9 Å². The maximum atomic E-state index is 13.4. The minimum atomic E-state index is -0.402. The van der Waals surface area contributed by atoms with Gasteiger partial charge in [-0.3, -0.25) is 14.2 Å². The molecule has 9 nitrogen and oxygen atoms in total. The second kappa shape index (κ2) is 12.0. The number of aliphatic hydroxyl groups excluding tert-OH is 1. The second-order valence-electron chi connectivity index (χ2n) is 8.66. The fourth-order valence-electron chi connectivity index (χ4n) is 3.98. The van der Waals surface area contributed by atoms with E-state index in [0.29, 0.717) is 29.2 Å². The summed E-state index contributed by atoms with van der Waals surface area (Å²) < 4.78 is 1.40. The van der Waals surface area contributed by atoms with Crippen molar-refractivity contribution < 1.29 is 9.90 Å². The number of anilines is 2. The second-order valence-corrected chi connectivity index (χ2v) is 8.66. The Morgan fingerprint density at radius 1 is 1.05 bits per heavy atom. The van der Waals surface area contributed by atoms with Crippen molar-refractivity contribution in [3.63, 3.8) is 0 Å². The number of carbonyl (C=O) groups is 1. The molecule has 0 saturated heterocycles. The molecular weight excluding hydrogens is 468 g/mol. The third kappa shape index (κ3) is 6.59. The number of nitrogen functional groups attached to an aromatic ring is 1. The van der Waals surface area contributed by atoms with Crippen molar-refractivity contribution in [1.29, 1.82) is 0 Å². The highest BCUT2D eigenvalue weighted by atomic mass is 16.3. The summed E-state index contributed by atoms with van der Waals surface area (Å²) in [4.78, 5) is 35.0. The molecule has 0 radical (unpaired) electrons. The lowest BCUT2D eigenvalue weighted by atomic mass is 10.1.